The van der Waals surface area contributed by atoms with Crippen LogP contribution in [0, 0.1) is 0 Å². The molecular weight excluding hydrogens is 234 g/mol. The molecule has 5 nitrogen and oxygen atoms in total. The zero-order valence-corrected chi connectivity index (χ0v) is 11.2. The average molecular weight is 255 g/mol. The van der Waals surface area contributed by atoms with Crippen molar-refractivity contribution < 1.29 is 19.0 Å². The molecule has 3 aliphatic rings. The molecule has 0 bridgehead atoms. The fourth-order valence-corrected chi connectivity index (χ4v) is 3.27. The second-order valence-electron chi connectivity index (χ2n) is 5.54. The molecule has 2 heterocycles. The van der Waals surface area contributed by atoms with Gasteiger partial charge in [-0.05, 0) is 27.2 Å². The van der Waals surface area contributed by atoms with Crippen molar-refractivity contribution in [1.82, 2.24) is 4.90 Å². The van der Waals surface area contributed by atoms with Crippen LogP contribution < -0.4 is 0 Å². The van der Waals surface area contributed by atoms with E-state index in [-0.39, 0.29) is 24.3 Å². The fraction of sp³-hybridized carbons (Fsp3) is 0.923. The minimum absolute atomic E-state index is 0.136. The third kappa shape index (κ3) is 1.80. The van der Waals surface area contributed by atoms with E-state index in [1.165, 1.54) is 0 Å². The Labute approximate surface area is 107 Å². The summed E-state index contributed by atoms with van der Waals surface area (Å²) in [5.41, 5.74) is 0. The lowest BCUT2D eigenvalue weighted by Gasteiger charge is -2.30. The first-order valence-electron chi connectivity index (χ1n) is 6.87. The third-order valence-corrected chi connectivity index (χ3v) is 4.35. The largest absolute Gasteiger partial charge is 0.450 e. The molecule has 18 heavy (non-hydrogen) atoms. The first-order valence-corrected chi connectivity index (χ1v) is 6.87. The highest BCUT2D eigenvalue weighted by atomic mass is 16.8. The maximum atomic E-state index is 11.7. The summed E-state index contributed by atoms with van der Waals surface area (Å²) in [5, 5.41) is 0. The lowest BCUT2D eigenvalue weighted by molar-refractivity contribution is -0.187. The summed E-state index contributed by atoms with van der Waals surface area (Å²) in [7, 11) is 0. The summed E-state index contributed by atoms with van der Waals surface area (Å²) in [6.07, 6.45) is 2.68. The molecule has 0 radical (unpaired) electrons. The van der Waals surface area contributed by atoms with Gasteiger partial charge in [-0.25, -0.2) is 4.79 Å². The Kier molecular flexibility index (Phi) is 2.79. The third-order valence-electron chi connectivity index (χ3n) is 4.35. The number of amides is 1. The van der Waals surface area contributed by atoms with E-state index in [1.54, 1.807) is 0 Å². The molecular formula is C13H21NO4. The highest BCUT2D eigenvalue weighted by molar-refractivity contribution is 5.72. The fourth-order valence-electron chi connectivity index (χ4n) is 3.27. The van der Waals surface area contributed by atoms with E-state index in [9.17, 15) is 4.79 Å². The molecule has 0 aromatic carbocycles. The summed E-state index contributed by atoms with van der Waals surface area (Å²) in [6, 6.07) is 0.586. The number of carbonyl (C=O) groups is 1. The monoisotopic (exact) mass is 255 g/mol. The van der Waals surface area contributed by atoms with Crippen LogP contribution in [-0.2, 0) is 14.2 Å². The van der Waals surface area contributed by atoms with Crippen LogP contribution in [0.25, 0.3) is 0 Å². The van der Waals surface area contributed by atoms with E-state index in [1.807, 2.05) is 25.7 Å². The summed E-state index contributed by atoms with van der Waals surface area (Å²) in [4.78, 5) is 13.6. The van der Waals surface area contributed by atoms with Gasteiger partial charge < -0.3 is 14.2 Å². The van der Waals surface area contributed by atoms with Crippen molar-refractivity contribution in [3.63, 3.8) is 0 Å². The van der Waals surface area contributed by atoms with E-state index in [4.69, 9.17) is 14.2 Å². The van der Waals surface area contributed by atoms with Gasteiger partial charge in [-0.15, -0.1) is 0 Å². The van der Waals surface area contributed by atoms with Gasteiger partial charge in [0.05, 0.1) is 30.9 Å². The smallest absolute Gasteiger partial charge is 0.410 e. The van der Waals surface area contributed by atoms with Crippen LogP contribution in [0.4, 0.5) is 4.79 Å². The maximum Gasteiger partial charge on any atom is 0.410 e. The number of carbonyl (C=O) groups excluding carboxylic acids is 1. The van der Waals surface area contributed by atoms with Gasteiger partial charge in [-0.1, -0.05) is 0 Å². The van der Waals surface area contributed by atoms with Crippen molar-refractivity contribution in [2.24, 2.45) is 0 Å². The Bertz CT molecular complexity index is 349. The molecule has 1 amide bonds. The molecule has 0 aromatic rings. The highest BCUT2D eigenvalue weighted by Crippen LogP contribution is 2.49. The van der Waals surface area contributed by atoms with Crippen LogP contribution >= 0.6 is 0 Å². The quantitative estimate of drug-likeness (QED) is 0.671. The van der Waals surface area contributed by atoms with E-state index in [0.29, 0.717) is 12.6 Å². The molecule has 2 saturated heterocycles. The van der Waals surface area contributed by atoms with Crippen LogP contribution in [0.5, 0.6) is 0 Å². The second-order valence-corrected chi connectivity index (χ2v) is 5.54. The molecule has 0 N–H and O–H groups in total. The first-order chi connectivity index (χ1) is 8.56. The summed E-state index contributed by atoms with van der Waals surface area (Å²) in [5.74, 6) is -0.457. The van der Waals surface area contributed by atoms with Crippen molar-refractivity contribution in [2.75, 3.05) is 6.61 Å². The maximum absolute atomic E-state index is 11.7. The Morgan fingerprint density at radius 3 is 2.61 bits per heavy atom. The van der Waals surface area contributed by atoms with Crippen molar-refractivity contribution in [1.29, 1.82) is 0 Å². The number of likely N-dealkylation sites (tertiary alicyclic amines) is 1. The van der Waals surface area contributed by atoms with Gasteiger partial charge in [0.15, 0.2) is 5.79 Å². The van der Waals surface area contributed by atoms with E-state index >= 15 is 0 Å². The summed E-state index contributed by atoms with van der Waals surface area (Å²) >= 11 is 0. The predicted molar refractivity (Wildman–Crippen MR) is 64.1 cm³/mol. The molecule has 2 aliphatic heterocycles. The Balaban J connectivity index is 1.64. The number of rotatable bonds is 1. The first kappa shape index (κ1) is 12.2. The minimum atomic E-state index is -0.457. The van der Waals surface area contributed by atoms with Crippen LogP contribution in [-0.4, -0.2) is 47.7 Å². The molecule has 1 aliphatic carbocycles. The minimum Gasteiger partial charge on any atom is -0.450 e. The van der Waals surface area contributed by atoms with Crippen molar-refractivity contribution >= 4 is 6.09 Å². The molecule has 0 aromatic heterocycles. The molecule has 4 atom stereocenters. The average Bonchev–Trinajstić information content (AvgIpc) is 2.94. The molecule has 5 heteroatoms. The molecule has 3 fully saturated rings. The number of nitrogens with zero attached hydrogens (tertiary/aromatic N) is 1. The van der Waals surface area contributed by atoms with E-state index in [0.717, 1.165) is 19.3 Å². The SMILES string of the molecule is CCOC(=O)N1C2CCC3(CC21)O[C@H](C)[C@@H](C)O3. The number of fused-ring (bicyclic) bond motifs is 1. The van der Waals surface area contributed by atoms with Gasteiger partial charge >= 0.3 is 6.09 Å². The number of ether oxygens (including phenoxy) is 3. The molecule has 102 valence electrons. The normalized spacial score (nSPS) is 40.7. The zero-order valence-electron chi connectivity index (χ0n) is 11.2. The topological polar surface area (TPSA) is 47.8 Å². The molecule has 3 rings (SSSR count). The van der Waals surface area contributed by atoms with E-state index in [2.05, 4.69) is 0 Å². The lowest BCUT2D eigenvalue weighted by Crippen LogP contribution is -2.36. The zero-order chi connectivity index (χ0) is 12.9. The van der Waals surface area contributed by atoms with Gasteiger partial charge in [0, 0.05) is 12.8 Å². The Morgan fingerprint density at radius 2 is 2.00 bits per heavy atom. The Hall–Kier alpha value is -0.810. The van der Waals surface area contributed by atoms with E-state index < -0.39 is 5.79 Å². The van der Waals surface area contributed by atoms with Gasteiger partial charge in [-0.3, -0.25) is 4.90 Å². The second kappa shape index (κ2) is 4.10. The van der Waals surface area contributed by atoms with Crippen LogP contribution in [0.2, 0.25) is 0 Å². The van der Waals surface area contributed by atoms with Crippen molar-refractivity contribution in [3.05, 3.63) is 0 Å². The van der Waals surface area contributed by atoms with Crippen LogP contribution in [0.3, 0.4) is 0 Å². The lowest BCUT2D eigenvalue weighted by atomic mass is 9.94. The van der Waals surface area contributed by atoms with Gasteiger partial charge in [0.2, 0.25) is 0 Å². The number of hydrogen-bond acceptors (Lipinski definition) is 4. The molecule has 1 saturated carbocycles. The van der Waals surface area contributed by atoms with Gasteiger partial charge in [0.25, 0.3) is 0 Å². The van der Waals surface area contributed by atoms with Gasteiger partial charge in [0.1, 0.15) is 0 Å². The van der Waals surface area contributed by atoms with Crippen molar-refractivity contribution in [2.45, 2.75) is 70.1 Å². The van der Waals surface area contributed by atoms with Crippen molar-refractivity contribution in [3.8, 4) is 0 Å². The summed E-state index contributed by atoms with van der Waals surface area (Å²) < 4.78 is 17.0. The molecule has 2 unspecified atom stereocenters. The van der Waals surface area contributed by atoms with Crippen LogP contribution in [0.1, 0.15) is 40.0 Å². The highest BCUT2D eigenvalue weighted by Gasteiger charge is 2.61. The van der Waals surface area contributed by atoms with Crippen LogP contribution in [0.15, 0.2) is 0 Å². The standard InChI is InChI=1S/C13H21NO4/c1-4-16-12(15)14-10-5-6-13(7-11(10)14)17-8(2)9(3)18-13/h8-11H,4-7H2,1-3H3/t8-,9-,10?,11?,14?/m1/s1. The van der Waals surface area contributed by atoms with Gasteiger partial charge in [-0.2, -0.15) is 0 Å². The predicted octanol–water partition coefficient (Wildman–Crippen LogP) is 1.90. The molecule has 1 spiro atoms. The Morgan fingerprint density at radius 1 is 1.33 bits per heavy atom. The number of hydrogen-bond donors (Lipinski definition) is 0. The summed E-state index contributed by atoms with van der Waals surface area (Å²) in [6.45, 7) is 6.35.